The number of hydrogen-bond donors (Lipinski definition) is 3. The lowest BCUT2D eigenvalue weighted by Crippen LogP contribution is -2.32. The molecule has 0 fully saturated rings. The zero-order valence-electron chi connectivity index (χ0n) is 11.8. The lowest BCUT2D eigenvalue weighted by molar-refractivity contribution is -0.384. The summed E-state index contributed by atoms with van der Waals surface area (Å²) in [6.07, 6.45) is 3.12. The number of nitrogens with zero attached hydrogens (tertiary/aromatic N) is 3. The van der Waals surface area contributed by atoms with E-state index < -0.39 is 4.92 Å². The van der Waals surface area contributed by atoms with Gasteiger partial charge in [-0.3, -0.25) is 10.1 Å². The van der Waals surface area contributed by atoms with E-state index >= 15 is 0 Å². The fraction of sp³-hybridized carbons (Fsp3) is 0.286. The van der Waals surface area contributed by atoms with Gasteiger partial charge in [-0.1, -0.05) is 18.2 Å². The number of nitrogens with two attached hydrogens (primary N) is 1. The van der Waals surface area contributed by atoms with E-state index in [1.807, 2.05) is 12.1 Å². The molecule has 2 aromatic rings. The summed E-state index contributed by atoms with van der Waals surface area (Å²) in [5, 5.41) is 17.2. The number of rotatable bonds is 4. The normalized spacial score (nSPS) is 16.5. The summed E-state index contributed by atoms with van der Waals surface area (Å²) in [6.45, 7) is 0.617. The minimum Gasteiger partial charge on any atom is -0.380 e. The molecule has 0 saturated carbocycles. The molecule has 0 unspecified atom stereocenters. The number of hydrogen-bond acceptors (Lipinski definition) is 7. The summed E-state index contributed by atoms with van der Waals surface area (Å²) < 4.78 is 0. The third-order valence-electron chi connectivity index (χ3n) is 3.64. The number of anilines is 3. The van der Waals surface area contributed by atoms with Crippen molar-refractivity contribution in [2.45, 2.75) is 18.9 Å². The molecule has 1 aromatic carbocycles. The molecular weight excluding hydrogens is 284 g/mol. The van der Waals surface area contributed by atoms with E-state index in [4.69, 9.17) is 5.73 Å². The second-order valence-corrected chi connectivity index (χ2v) is 5.14. The van der Waals surface area contributed by atoms with E-state index in [2.05, 4.69) is 32.7 Å². The summed E-state index contributed by atoms with van der Waals surface area (Å²) in [5.74, 6) is 0.160. The molecule has 1 atom stereocenters. The Balaban J connectivity index is 1.62. The fourth-order valence-corrected chi connectivity index (χ4v) is 2.48. The first-order chi connectivity index (χ1) is 10.6. The van der Waals surface area contributed by atoms with Gasteiger partial charge in [0.15, 0.2) is 0 Å². The number of nitrogens with one attached hydrogen (secondary N) is 2. The number of benzene rings is 1. The minimum absolute atomic E-state index is 0.135. The molecule has 0 amide bonds. The third-order valence-corrected chi connectivity index (χ3v) is 3.64. The van der Waals surface area contributed by atoms with Crippen molar-refractivity contribution < 1.29 is 4.92 Å². The molecule has 0 bridgehead atoms. The number of aromatic nitrogens is 2. The van der Waals surface area contributed by atoms with E-state index in [1.165, 1.54) is 5.56 Å². The molecule has 1 aliphatic rings. The van der Waals surface area contributed by atoms with Gasteiger partial charge in [0, 0.05) is 18.3 Å². The Labute approximate surface area is 126 Å². The number of para-hydroxylation sites is 1. The van der Waals surface area contributed by atoms with Crippen molar-refractivity contribution in [2.75, 3.05) is 22.9 Å². The summed E-state index contributed by atoms with van der Waals surface area (Å²) in [4.78, 5) is 17.9. The summed E-state index contributed by atoms with van der Waals surface area (Å²) >= 11 is 0. The van der Waals surface area contributed by atoms with Gasteiger partial charge >= 0.3 is 5.69 Å². The maximum Gasteiger partial charge on any atom is 0.329 e. The van der Waals surface area contributed by atoms with Gasteiger partial charge in [-0.25, -0.2) is 4.98 Å². The zero-order valence-corrected chi connectivity index (χ0v) is 11.8. The number of nitro groups is 1. The molecule has 8 nitrogen and oxygen atoms in total. The van der Waals surface area contributed by atoms with E-state index in [0.29, 0.717) is 12.5 Å². The summed E-state index contributed by atoms with van der Waals surface area (Å²) in [6, 6.07) is 8.46. The van der Waals surface area contributed by atoms with Crippen LogP contribution in [-0.2, 0) is 6.42 Å². The quantitative estimate of drug-likeness (QED) is 0.582. The van der Waals surface area contributed by atoms with Crippen LogP contribution >= 0.6 is 0 Å². The van der Waals surface area contributed by atoms with Crippen LogP contribution in [0.5, 0.6) is 0 Å². The lowest BCUT2D eigenvalue weighted by atomic mass is 9.98. The van der Waals surface area contributed by atoms with Gasteiger partial charge in [-0.05, 0) is 24.5 Å². The van der Waals surface area contributed by atoms with Crippen LogP contribution in [0.3, 0.4) is 0 Å². The average Bonchev–Trinajstić information content (AvgIpc) is 2.52. The molecular formula is C14H16N6O2. The van der Waals surface area contributed by atoms with Crippen LogP contribution in [0.2, 0.25) is 0 Å². The molecule has 4 N–H and O–H groups in total. The molecule has 3 rings (SSSR count). The Morgan fingerprint density at radius 3 is 3.05 bits per heavy atom. The SMILES string of the molecule is Nc1nc(NC[C@H]2CCc3ccccc3N2)ncc1[N+](=O)[O-]. The van der Waals surface area contributed by atoms with Crippen molar-refractivity contribution in [1.29, 1.82) is 0 Å². The van der Waals surface area contributed by atoms with Crippen LogP contribution < -0.4 is 16.4 Å². The van der Waals surface area contributed by atoms with Gasteiger partial charge < -0.3 is 16.4 Å². The average molecular weight is 300 g/mol. The highest BCUT2D eigenvalue weighted by molar-refractivity contribution is 5.55. The van der Waals surface area contributed by atoms with Crippen molar-refractivity contribution in [3.63, 3.8) is 0 Å². The molecule has 0 saturated heterocycles. The highest BCUT2D eigenvalue weighted by atomic mass is 16.6. The van der Waals surface area contributed by atoms with Crippen molar-refractivity contribution in [3.8, 4) is 0 Å². The number of aryl methyl sites for hydroxylation is 1. The molecule has 8 heteroatoms. The molecule has 22 heavy (non-hydrogen) atoms. The molecule has 2 heterocycles. The Morgan fingerprint density at radius 2 is 2.27 bits per heavy atom. The molecule has 1 aromatic heterocycles. The van der Waals surface area contributed by atoms with Gasteiger partial charge in [-0.2, -0.15) is 4.98 Å². The smallest absolute Gasteiger partial charge is 0.329 e. The van der Waals surface area contributed by atoms with Gasteiger partial charge in [0.2, 0.25) is 11.8 Å². The topological polar surface area (TPSA) is 119 Å². The van der Waals surface area contributed by atoms with E-state index in [9.17, 15) is 10.1 Å². The Hall–Kier alpha value is -2.90. The second-order valence-electron chi connectivity index (χ2n) is 5.14. The highest BCUT2D eigenvalue weighted by Crippen LogP contribution is 2.24. The van der Waals surface area contributed by atoms with Crippen LogP contribution in [0.1, 0.15) is 12.0 Å². The maximum atomic E-state index is 10.7. The monoisotopic (exact) mass is 300 g/mol. The number of nitrogen functional groups attached to an aromatic ring is 1. The lowest BCUT2D eigenvalue weighted by Gasteiger charge is -2.27. The van der Waals surface area contributed by atoms with E-state index in [1.54, 1.807) is 0 Å². The second kappa shape index (κ2) is 5.84. The molecule has 0 spiro atoms. The molecule has 114 valence electrons. The first-order valence-electron chi connectivity index (χ1n) is 6.98. The van der Waals surface area contributed by atoms with Crippen LogP contribution in [0.4, 0.5) is 23.1 Å². The van der Waals surface area contributed by atoms with E-state index in [-0.39, 0.29) is 17.5 Å². The first kappa shape index (κ1) is 14.1. The van der Waals surface area contributed by atoms with Gasteiger partial charge in [-0.15, -0.1) is 0 Å². The standard InChI is InChI=1S/C14H16N6O2/c15-13-12(20(21)22)8-17-14(19-13)16-7-10-6-5-9-3-1-2-4-11(9)18-10/h1-4,8,10,18H,5-7H2,(H3,15,16,17,19)/t10-/m1/s1. The Bertz CT molecular complexity index is 705. The van der Waals surface area contributed by atoms with Gasteiger partial charge in [0.1, 0.15) is 6.20 Å². The maximum absolute atomic E-state index is 10.7. The molecule has 1 aliphatic heterocycles. The van der Waals surface area contributed by atoms with Crippen LogP contribution in [0.15, 0.2) is 30.5 Å². The van der Waals surface area contributed by atoms with Crippen molar-refractivity contribution in [1.82, 2.24) is 9.97 Å². The molecule has 0 aliphatic carbocycles. The minimum atomic E-state index is -0.598. The largest absolute Gasteiger partial charge is 0.380 e. The summed E-state index contributed by atoms with van der Waals surface area (Å²) in [5.41, 5.74) is 7.72. The zero-order chi connectivity index (χ0) is 15.5. The van der Waals surface area contributed by atoms with E-state index in [0.717, 1.165) is 24.7 Å². The van der Waals surface area contributed by atoms with Crippen molar-refractivity contribution in [3.05, 3.63) is 46.1 Å². The van der Waals surface area contributed by atoms with Crippen LogP contribution in [-0.4, -0.2) is 27.5 Å². The van der Waals surface area contributed by atoms with Crippen LogP contribution in [0.25, 0.3) is 0 Å². The molecule has 0 radical (unpaired) electrons. The van der Waals surface area contributed by atoms with Crippen molar-refractivity contribution >= 4 is 23.1 Å². The third kappa shape index (κ3) is 2.90. The highest BCUT2D eigenvalue weighted by Gasteiger charge is 2.18. The Kier molecular flexibility index (Phi) is 3.73. The van der Waals surface area contributed by atoms with Crippen LogP contribution in [0, 0.1) is 10.1 Å². The van der Waals surface area contributed by atoms with Crippen molar-refractivity contribution in [2.24, 2.45) is 0 Å². The fourth-order valence-electron chi connectivity index (χ4n) is 2.48. The number of fused-ring (bicyclic) bond motifs is 1. The Morgan fingerprint density at radius 1 is 1.45 bits per heavy atom. The van der Waals surface area contributed by atoms with Gasteiger partial charge in [0.25, 0.3) is 0 Å². The summed E-state index contributed by atoms with van der Waals surface area (Å²) in [7, 11) is 0. The first-order valence-corrected chi connectivity index (χ1v) is 6.98. The van der Waals surface area contributed by atoms with Gasteiger partial charge in [0.05, 0.1) is 4.92 Å². The predicted molar refractivity (Wildman–Crippen MR) is 83.8 cm³/mol. The predicted octanol–water partition coefficient (Wildman–Crippen LogP) is 1.81.